The highest BCUT2D eigenvalue weighted by Crippen LogP contribution is 2.45. The van der Waals surface area contributed by atoms with Crippen molar-refractivity contribution in [1.29, 1.82) is 0 Å². The van der Waals surface area contributed by atoms with E-state index in [2.05, 4.69) is 14.9 Å². The van der Waals surface area contributed by atoms with Gasteiger partial charge in [0.05, 0.1) is 6.20 Å². The van der Waals surface area contributed by atoms with Crippen molar-refractivity contribution in [2.45, 2.75) is 50.6 Å². The number of aromatic nitrogens is 2. The molecular formula is C14H17N3. The fourth-order valence-corrected chi connectivity index (χ4v) is 3.52. The second-order valence-electron chi connectivity index (χ2n) is 5.47. The molecule has 0 radical (unpaired) electrons. The van der Waals surface area contributed by atoms with Gasteiger partial charge in [0.15, 0.2) is 0 Å². The molecule has 2 unspecified atom stereocenters. The molecule has 4 rings (SSSR count). The van der Waals surface area contributed by atoms with E-state index >= 15 is 0 Å². The van der Waals surface area contributed by atoms with Gasteiger partial charge in [0, 0.05) is 24.5 Å². The Labute approximate surface area is 102 Å². The fourth-order valence-electron chi connectivity index (χ4n) is 3.52. The van der Waals surface area contributed by atoms with Crippen LogP contribution < -0.4 is 4.90 Å². The molecule has 1 saturated carbocycles. The van der Waals surface area contributed by atoms with Crippen LogP contribution in [0.25, 0.3) is 0 Å². The molecule has 0 N–H and O–H groups in total. The van der Waals surface area contributed by atoms with E-state index in [-0.39, 0.29) is 0 Å². The topological polar surface area (TPSA) is 29.0 Å². The first-order valence-corrected chi connectivity index (χ1v) is 6.66. The standard InChI is InChI=1S/C14H17N3/c1-2-10(1)11-7-12-3-4-13(8-11)17(12)14-9-15-5-6-16-14/h5-6,9,12-13H,1-4,7-8H2. The molecule has 0 spiro atoms. The van der Waals surface area contributed by atoms with E-state index in [0.717, 1.165) is 5.82 Å². The van der Waals surface area contributed by atoms with Crippen molar-refractivity contribution in [2.24, 2.45) is 0 Å². The smallest absolute Gasteiger partial charge is 0.147 e. The summed E-state index contributed by atoms with van der Waals surface area (Å²) in [5, 5.41) is 0. The van der Waals surface area contributed by atoms with Crippen molar-refractivity contribution >= 4 is 5.82 Å². The van der Waals surface area contributed by atoms with Gasteiger partial charge in [-0.15, -0.1) is 0 Å². The minimum Gasteiger partial charge on any atom is -0.349 e. The van der Waals surface area contributed by atoms with E-state index in [1.165, 1.54) is 38.5 Å². The summed E-state index contributed by atoms with van der Waals surface area (Å²) in [5.41, 5.74) is 3.54. The van der Waals surface area contributed by atoms with Crippen LogP contribution in [0.3, 0.4) is 0 Å². The van der Waals surface area contributed by atoms with Gasteiger partial charge in [0.1, 0.15) is 5.82 Å². The summed E-state index contributed by atoms with van der Waals surface area (Å²) in [7, 11) is 0. The normalized spacial score (nSPS) is 30.9. The van der Waals surface area contributed by atoms with Crippen LogP contribution >= 0.6 is 0 Å². The summed E-state index contributed by atoms with van der Waals surface area (Å²) in [6.45, 7) is 0. The Balaban J connectivity index is 1.65. The highest BCUT2D eigenvalue weighted by molar-refractivity contribution is 5.45. The number of nitrogens with zero attached hydrogens (tertiary/aromatic N) is 3. The number of hydrogen-bond donors (Lipinski definition) is 0. The molecule has 1 aromatic heterocycles. The molecule has 1 aliphatic carbocycles. The lowest BCUT2D eigenvalue weighted by Gasteiger charge is -2.37. The van der Waals surface area contributed by atoms with Crippen molar-refractivity contribution in [3.05, 3.63) is 29.7 Å². The summed E-state index contributed by atoms with van der Waals surface area (Å²) in [6.07, 6.45) is 13.5. The van der Waals surface area contributed by atoms with E-state index < -0.39 is 0 Å². The minimum absolute atomic E-state index is 0.688. The molecule has 3 heteroatoms. The zero-order valence-electron chi connectivity index (χ0n) is 9.97. The second-order valence-corrected chi connectivity index (χ2v) is 5.47. The Morgan fingerprint density at radius 1 is 1.00 bits per heavy atom. The van der Waals surface area contributed by atoms with Crippen LogP contribution in [0.15, 0.2) is 29.7 Å². The molecule has 2 aliphatic heterocycles. The van der Waals surface area contributed by atoms with Gasteiger partial charge >= 0.3 is 0 Å². The average Bonchev–Trinajstić information content (AvgIpc) is 3.17. The van der Waals surface area contributed by atoms with Gasteiger partial charge in [-0.3, -0.25) is 4.98 Å². The summed E-state index contributed by atoms with van der Waals surface area (Å²) in [6, 6.07) is 1.38. The Kier molecular flexibility index (Phi) is 2.01. The number of fused-ring (bicyclic) bond motifs is 2. The summed E-state index contributed by atoms with van der Waals surface area (Å²) in [5.74, 6) is 1.08. The third-order valence-corrected chi connectivity index (χ3v) is 4.40. The Morgan fingerprint density at radius 3 is 2.35 bits per heavy atom. The number of allylic oxidation sites excluding steroid dienone is 1. The van der Waals surface area contributed by atoms with Gasteiger partial charge in [-0.05, 0) is 38.5 Å². The van der Waals surface area contributed by atoms with Gasteiger partial charge < -0.3 is 4.90 Å². The second kappa shape index (κ2) is 3.56. The summed E-state index contributed by atoms with van der Waals surface area (Å²) >= 11 is 0. The zero-order valence-corrected chi connectivity index (χ0v) is 9.97. The largest absolute Gasteiger partial charge is 0.349 e. The quantitative estimate of drug-likeness (QED) is 0.691. The molecule has 2 saturated heterocycles. The molecule has 3 fully saturated rings. The van der Waals surface area contributed by atoms with Crippen LogP contribution in [-0.4, -0.2) is 22.1 Å². The fraction of sp³-hybridized carbons (Fsp3) is 0.571. The number of piperidine rings is 1. The van der Waals surface area contributed by atoms with E-state index in [9.17, 15) is 0 Å². The van der Waals surface area contributed by atoms with Crippen LogP contribution in [0, 0.1) is 0 Å². The van der Waals surface area contributed by atoms with Gasteiger partial charge in [0.25, 0.3) is 0 Å². The Morgan fingerprint density at radius 2 is 1.76 bits per heavy atom. The molecule has 1 aromatic rings. The van der Waals surface area contributed by atoms with Crippen molar-refractivity contribution in [3.63, 3.8) is 0 Å². The Hall–Kier alpha value is -1.38. The lowest BCUT2D eigenvalue weighted by Crippen LogP contribution is -2.41. The van der Waals surface area contributed by atoms with Crippen molar-refractivity contribution in [3.8, 4) is 0 Å². The van der Waals surface area contributed by atoms with Crippen molar-refractivity contribution in [2.75, 3.05) is 4.90 Å². The predicted molar refractivity (Wildman–Crippen MR) is 66.8 cm³/mol. The van der Waals surface area contributed by atoms with Gasteiger partial charge in [0.2, 0.25) is 0 Å². The maximum atomic E-state index is 4.48. The first-order chi connectivity index (χ1) is 8.42. The van der Waals surface area contributed by atoms with E-state index in [1.807, 2.05) is 12.4 Å². The molecule has 88 valence electrons. The molecule has 3 heterocycles. The van der Waals surface area contributed by atoms with Crippen LogP contribution in [0.1, 0.15) is 38.5 Å². The maximum absolute atomic E-state index is 4.48. The minimum atomic E-state index is 0.688. The highest BCUT2D eigenvalue weighted by Gasteiger charge is 2.40. The van der Waals surface area contributed by atoms with Crippen LogP contribution in [0.4, 0.5) is 5.82 Å². The third kappa shape index (κ3) is 1.56. The summed E-state index contributed by atoms with van der Waals surface area (Å²) < 4.78 is 0. The molecule has 0 aromatic carbocycles. The van der Waals surface area contributed by atoms with Crippen molar-refractivity contribution < 1.29 is 0 Å². The van der Waals surface area contributed by atoms with Crippen LogP contribution in [0.5, 0.6) is 0 Å². The van der Waals surface area contributed by atoms with Crippen LogP contribution in [0.2, 0.25) is 0 Å². The van der Waals surface area contributed by atoms with E-state index in [1.54, 1.807) is 17.3 Å². The molecule has 3 aliphatic rings. The predicted octanol–water partition coefficient (Wildman–Crippen LogP) is 2.70. The monoisotopic (exact) mass is 227 g/mol. The van der Waals surface area contributed by atoms with E-state index in [4.69, 9.17) is 0 Å². The average molecular weight is 227 g/mol. The lowest BCUT2D eigenvalue weighted by atomic mass is 9.96. The molecule has 0 amide bonds. The number of hydrogen-bond acceptors (Lipinski definition) is 3. The van der Waals surface area contributed by atoms with E-state index in [0.29, 0.717) is 12.1 Å². The molecule has 2 bridgehead atoms. The third-order valence-electron chi connectivity index (χ3n) is 4.40. The zero-order chi connectivity index (χ0) is 11.2. The maximum Gasteiger partial charge on any atom is 0.147 e. The summed E-state index contributed by atoms with van der Waals surface area (Å²) in [4.78, 5) is 11.2. The highest BCUT2D eigenvalue weighted by atomic mass is 15.3. The molecular weight excluding hydrogens is 210 g/mol. The Bertz CT molecular complexity index is 444. The molecule has 2 atom stereocenters. The number of rotatable bonds is 1. The van der Waals surface area contributed by atoms with Crippen LogP contribution in [-0.2, 0) is 0 Å². The molecule has 17 heavy (non-hydrogen) atoms. The van der Waals surface area contributed by atoms with Gasteiger partial charge in [-0.1, -0.05) is 11.1 Å². The SMILES string of the molecule is c1cnc(N2C3CCC2CC(=C2CC2)C3)cn1. The van der Waals surface area contributed by atoms with Gasteiger partial charge in [-0.2, -0.15) is 0 Å². The number of anilines is 1. The first kappa shape index (κ1) is 9.63. The van der Waals surface area contributed by atoms with Gasteiger partial charge in [-0.25, -0.2) is 4.98 Å². The van der Waals surface area contributed by atoms with Crippen molar-refractivity contribution in [1.82, 2.24) is 9.97 Å². The lowest BCUT2D eigenvalue weighted by molar-refractivity contribution is 0.542. The first-order valence-electron chi connectivity index (χ1n) is 6.66. The molecule has 3 nitrogen and oxygen atoms in total.